The summed E-state index contributed by atoms with van der Waals surface area (Å²) < 4.78 is 0. The summed E-state index contributed by atoms with van der Waals surface area (Å²) in [6.45, 7) is 1.80. The molecule has 0 unspecified atom stereocenters. The summed E-state index contributed by atoms with van der Waals surface area (Å²) in [4.78, 5) is 6.69. The fourth-order valence-electron chi connectivity index (χ4n) is 2.46. The molecule has 0 radical (unpaired) electrons. The van der Waals surface area contributed by atoms with Crippen molar-refractivity contribution in [3.8, 4) is 6.07 Å². The van der Waals surface area contributed by atoms with E-state index in [0.29, 0.717) is 5.57 Å². The van der Waals surface area contributed by atoms with Gasteiger partial charge in [0.05, 0.1) is 12.2 Å². The molecule has 0 saturated carbocycles. The third-order valence-electron chi connectivity index (χ3n) is 3.64. The number of H-pyrrole nitrogens is 1. The lowest BCUT2D eigenvalue weighted by molar-refractivity contribution is 0.650. The van der Waals surface area contributed by atoms with Crippen molar-refractivity contribution in [1.82, 2.24) is 25.5 Å². The van der Waals surface area contributed by atoms with Gasteiger partial charge in [-0.2, -0.15) is 10.5 Å². The molecule has 2 aliphatic heterocycles. The highest BCUT2D eigenvalue weighted by atomic mass is 32.2. The first-order chi connectivity index (χ1) is 11.8. The van der Waals surface area contributed by atoms with Crippen LogP contribution in [0.15, 0.2) is 40.9 Å². The molecule has 0 fully saturated rings. The molecule has 2 N–H and O–H groups in total. The molecule has 2 aromatic rings. The molecule has 0 spiro atoms. The van der Waals surface area contributed by atoms with Crippen molar-refractivity contribution in [3.05, 3.63) is 47.3 Å². The summed E-state index contributed by atoms with van der Waals surface area (Å²) in [5.41, 5.74) is 3.50. The van der Waals surface area contributed by atoms with Gasteiger partial charge in [0, 0.05) is 23.8 Å². The zero-order chi connectivity index (χ0) is 16.4. The van der Waals surface area contributed by atoms with Gasteiger partial charge in [-0.15, -0.1) is 10.2 Å². The molecule has 8 nitrogen and oxygen atoms in total. The quantitative estimate of drug-likeness (QED) is 0.821. The van der Waals surface area contributed by atoms with Crippen LogP contribution in [0.3, 0.4) is 0 Å². The average molecular weight is 336 g/mol. The highest BCUT2D eigenvalue weighted by Crippen LogP contribution is 2.35. The molecular weight excluding hydrogens is 324 g/mol. The number of fused-ring (bicyclic) bond motifs is 1. The minimum absolute atomic E-state index is 0.260. The minimum Gasteiger partial charge on any atom is -0.360 e. The molecule has 1 aromatic carbocycles. The first kappa shape index (κ1) is 14.5. The Bertz CT molecular complexity index is 873. The van der Waals surface area contributed by atoms with E-state index < -0.39 is 0 Å². The summed E-state index contributed by atoms with van der Waals surface area (Å²) in [7, 11) is 0. The third kappa shape index (κ3) is 2.63. The second-order valence-electron chi connectivity index (χ2n) is 5.06. The van der Waals surface area contributed by atoms with Crippen molar-refractivity contribution in [2.45, 2.75) is 0 Å². The highest BCUT2D eigenvalue weighted by molar-refractivity contribution is 8.16. The summed E-state index contributed by atoms with van der Waals surface area (Å²) in [5.74, 6) is 0.260. The molecule has 3 heterocycles. The first-order valence-corrected chi connectivity index (χ1v) is 8.13. The maximum atomic E-state index is 9.14. The summed E-state index contributed by atoms with van der Waals surface area (Å²) in [6.07, 6.45) is 1.57. The van der Waals surface area contributed by atoms with Gasteiger partial charge in [-0.1, -0.05) is 23.9 Å². The van der Waals surface area contributed by atoms with Gasteiger partial charge in [0.2, 0.25) is 5.82 Å². The van der Waals surface area contributed by atoms with E-state index in [-0.39, 0.29) is 5.82 Å². The SMILES string of the molecule is N#CC(=CNc1ccc(C2=CSC3=NCCN23)cc1)c1nn[nH]n1. The van der Waals surface area contributed by atoms with Crippen molar-refractivity contribution in [3.63, 3.8) is 0 Å². The fraction of sp³-hybridized carbons (Fsp3) is 0.133. The second-order valence-corrected chi connectivity index (χ2v) is 5.90. The predicted molar refractivity (Wildman–Crippen MR) is 92.4 cm³/mol. The third-order valence-corrected chi connectivity index (χ3v) is 4.54. The molecule has 0 atom stereocenters. The maximum absolute atomic E-state index is 9.14. The lowest BCUT2D eigenvalue weighted by atomic mass is 10.1. The minimum atomic E-state index is 0.260. The standard InChI is InChI=1S/C15H12N8S/c16-7-11(14-19-21-22-20-14)8-18-12-3-1-10(2-4-12)13-9-24-15-17-5-6-23(13)15/h1-4,8-9,18H,5-6H2,(H,19,20,21,22). The largest absolute Gasteiger partial charge is 0.360 e. The van der Waals surface area contributed by atoms with Crippen molar-refractivity contribution in [1.29, 1.82) is 5.26 Å². The first-order valence-electron chi connectivity index (χ1n) is 7.25. The van der Waals surface area contributed by atoms with Crippen LogP contribution in [-0.4, -0.2) is 43.8 Å². The van der Waals surface area contributed by atoms with Crippen LogP contribution in [0, 0.1) is 11.3 Å². The normalized spacial score (nSPS) is 16.5. The highest BCUT2D eigenvalue weighted by Gasteiger charge is 2.26. The fourth-order valence-corrected chi connectivity index (χ4v) is 3.43. The molecule has 1 aromatic heterocycles. The Labute approximate surface area is 142 Å². The van der Waals surface area contributed by atoms with Gasteiger partial charge < -0.3 is 10.2 Å². The van der Waals surface area contributed by atoms with Crippen LogP contribution in [0.25, 0.3) is 11.3 Å². The lowest BCUT2D eigenvalue weighted by Crippen LogP contribution is -2.19. The number of anilines is 1. The smallest absolute Gasteiger partial charge is 0.216 e. The molecule has 2 aliphatic rings. The summed E-state index contributed by atoms with van der Waals surface area (Å²) in [6, 6.07) is 10.1. The summed E-state index contributed by atoms with van der Waals surface area (Å²) in [5, 5.41) is 28.8. The molecular formula is C15H12N8S. The number of tetrazole rings is 1. The number of nitrogens with zero attached hydrogens (tertiary/aromatic N) is 6. The average Bonchev–Trinajstić information content (AvgIpc) is 3.34. The van der Waals surface area contributed by atoms with E-state index in [1.165, 1.54) is 5.70 Å². The van der Waals surface area contributed by atoms with Gasteiger partial charge in [0.15, 0.2) is 5.17 Å². The van der Waals surface area contributed by atoms with Gasteiger partial charge in [-0.25, -0.2) is 0 Å². The molecule has 9 heteroatoms. The number of hydrogen-bond donors (Lipinski definition) is 2. The number of thioether (sulfide) groups is 1. The molecule has 118 valence electrons. The number of aromatic nitrogens is 4. The number of allylic oxidation sites excluding steroid dienone is 1. The monoisotopic (exact) mass is 336 g/mol. The van der Waals surface area contributed by atoms with Crippen LogP contribution in [0.5, 0.6) is 0 Å². The molecule has 0 bridgehead atoms. The molecule has 24 heavy (non-hydrogen) atoms. The van der Waals surface area contributed by atoms with E-state index in [4.69, 9.17) is 5.26 Å². The zero-order valence-electron chi connectivity index (χ0n) is 12.5. The van der Waals surface area contributed by atoms with Gasteiger partial charge in [-0.3, -0.25) is 4.99 Å². The Balaban J connectivity index is 1.49. The Morgan fingerprint density at radius 3 is 3.00 bits per heavy atom. The number of nitrogens with one attached hydrogen (secondary N) is 2. The second kappa shape index (κ2) is 6.17. The van der Waals surface area contributed by atoms with E-state index in [1.54, 1.807) is 18.0 Å². The topological polar surface area (TPSA) is 106 Å². The predicted octanol–water partition coefficient (Wildman–Crippen LogP) is 1.89. The van der Waals surface area contributed by atoms with Gasteiger partial charge in [0.1, 0.15) is 11.6 Å². The number of rotatable bonds is 4. The number of amidine groups is 1. The number of aromatic amines is 1. The molecule has 4 rings (SSSR count). The van der Waals surface area contributed by atoms with Crippen molar-refractivity contribution >= 4 is 33.9 Å². The van der Waals surface area contributed by atoms with Crippen LogP contribution in [-0.2, 0) is 0 Å². The lowest BCUT2D eigenvalue weighted by Gasteiger charge is -2.16. The van der Waals surface area contributed by atoms with Crippen LogP contribution in [0.2, 0.25) is 0 Å². The van der Waals surface area contributed by atoms with E-state index in [9.17, 15) is 0 Å². The van der Waals surface area contributed by atoms with Crippen LogP contribution in [0.1, 0.15) is 11.4 Å². The zero-order valence-corrected chi connectivity index (χ0v) is 13.3. The number of hydrogen-bond acceptors (Lipinski definition) is 8. The van der Waals surface area contributed by atoms with Crippen molar-refractivity contribution in [2.24, 2.45) is 4.99 Å². The Hall–Kier alpha value is -3.12. The Morgan fingerprint density at radius 1 is 1.38 bits per heavy atom. The van der Waals surface area contributed by atoms with E-state index in [1.807, 2.05) is 30.3 Å². The molecule has 0 aliphatic carbocycles. The van der Waals surface area contributed by atoms with Crippen LogP contribution >= 0.6 is 11.8 Å². The number of benzene rings is 1. The van der Waals surface area contributed by atoms with Crippen LogP contribution in [0.4, 0.5) is 5.69 Å². The van der Waals surface area contributed by atoms with Gasteiger partial charge in [0.25, 0.3) is 0 Å². The number of nitriles is 1. The van der Waals surface area contributed by atoms with Gasteiger partial charge in [-0.05, 0) is 22.9 Å². The molecule has 0 amide bonds. The van der Waals surface area contributed by atoms with Crippen molar-refractivity contribution in [2.75, 3.05) is 18.4 Å². The van der Waals surface area contributed by atoms with Crippen LogP contribution < -0.4 is 5.32 Å². The van der Waals surface area contributed by atoms with E-state index in [2.05, 4.69) is 41.2 Å². The Morgan fingerprint density at radius 2 is 2.25 bits per heavy atom. The molecule has 0 saturated heterocycles. The number of aliphatic imine (C=N–C) groups is 1. The van der Waals surface area contributed by atoms with E-state index in [0.717, 1.165) is 29.5 Å². The van der Waals surface area contributed by atoms with Gasteiger partial charge >= 0.3 is 0 Å². The van der Waals surface area contributed by atoms with E-state index >= 15 is 0 Å². The maximum Gasteiger partial charge on any atom is 0.216 e. The van der Waals surface area contributed by atoms with Crippen molar-refractivity contribution < 1.29 is 0 Å². The summed E-state index contributed by atoms with van der Waals surface area (Å²) >= 11 is 1.67. The Kier molecular flexibility index (Phi) is 3.72.